The maximum Gasteiger partial charge on any atom is 0.316 e. The summed E-state index contributed by atoms with van der Waals surface area (Å²) < 4.78 is 10.0. The Morgan fingerprint density at radius 3 is 2.27 bits per heavy atom. The Bertz CT molecular complexity index is 1720. The van der Waals surface area contributed by atoms with Gasteiger partial charge in [-0.05, 0) is 68.2 Å². The van der Waals surface area contributed by atoms with Crippen molar-refractivity contribution in [2.45, 2.75) is 0 Å². The normalized spacial score (nSPS) is 14.8. The molecule has 0 bridgehead atoms. The molecule has 0 aromatic heterocycles. The lowest BCUT2D eigenvalue weighted by atomic mass is 9.92. The smallest absolute Gasteiger partial charge is 0.316 e. The summed E-state index contributed by atoms with van der Waals surface area (Å²) in [7, 11) is 2.93. The second kappa shape index (κ2) is 9.26. The molecule has 0 saturated heterocycles. The third kappa shape index (κ3) is 3.97. The molecule has 5 aromatic carbocycles. The van der Waals surface area contributed by atoms with Gasteiger partial charge in [0.05, 0.1) is 25.7 Å². The van der Waals surface area contributed by atoms with Crippen LogP contribution in [0.1, 0.15) is 5.56 Å². The molecule has 0 radical (unpaired) electrons. The first-order valence-electron chi connectivity index (χ1n) is 11.7. The highest BCUT2D eigenvalue weighted by Gasteiger charge is 2.32. The van der Waals surface area contributed by atoms with Gasteiger partial charge >= 0.3 is 5.97 Å². The molecular formula is C30H22N2O4S. The van der Waals surface area contributed by atoms with E-state index in [0.29, 0.717) is 22.3 Å². The summed E-state index contributed by atoms with van der Waals surface area (Å²) in [6.45, 7) is 0. The van der Waals surface area contributed by atoms with Crippen molar-refractivity contribution in [3.8, 4) is 5.75 Å². The lowest BCUT2D eigenvalue weighted by Gasteiger charge is -2.18. The van der Waals surface area contributed by atoms with Crippen LogP contribution in [0.25, 0.3) is 38.4 Å². The van der Waals surface area contributed by atoms with E-state index < -0.39 is 0 Å². The number of carbonyl (C=O) groups is 2. The third-order valence-electron chi connectivity index (χ3n) is 6.56. The van der Waals surface area contributed by atoms with Gasteiger partial charge in [0.1, 0.15) is 11.4 Å². The second-order valence-electron chi connectivity index (χ2n) is 8.64. The molecule has 1 amide bonds. The molecule has 0 unspecified atom stereocenters. The van der Waals surface area contributed by atoms with Crippen molar-refractivity contribution in [3.05, 3.63) is 90.1 Å². The van der Waals surface area contributed by atoms with Crippen LogP contribution >= 0.6 is 11.8 Å². The second-order valence-corrected chi connectivity index (χ2v) is 9.58. The molecule has 6 nitrogen and oxygen atoms in total. The van der Waals surface area contributed by atoms with Crippen LogP contribution in [0.5, 0.6) is 5.75 Å². The van der Waals surface area contributed by atoms with Crippen LogP contribution in [-0.2, 0) is 14.3 Å². The van der Waals surface area contributed by atoms with Gasteiger partial charge in [-0.2, -0.15) is 0 Å². The average molecular weight is 507 g/mol. The fraction of sp³-hybridized carbons (Fsp3) is 0.100. The molecule has 182 valence electrons. The van der Waals surface area contributed by atoms with Crippen LogP contribution in [0.2, 0.25) is 0 Å². The van der Waals surface area contributed by atoms with Crippen molar-refractivity contribution in [1.29, 1.82) is 0 Å². The average Bonchev–Trinajstić information content (AvgIpc) is 3.25. The predicted molar refractivity (Wildman–Crippen MR) is 151 cm³/mol. The molecule has 0 saturated carbocycles. The van der Waals surface area contributed by atoms with Gasteiger partial charge in [0.15, 0.2) is 5.17 Å². The number of aliphatic imine (C=N–C) groups is 1. The van der Waals surface area contributed by atoms with E-state index in [-0.39, 0.29) is 17.6 Å². The maximum atomic E-state index is 13.6. The Kier molecular flexibility index (Phi) is 5.77. The van der Waals surface area contributed by atoms with Crippen molar-refractivity contribution >= 4 is 72.9 Å². The van der Waals surface area contributed by atoms with Crippen LogP contribution in [0.3, 0.4) is 0 Å². The highest BCUT2D eigenvalue weighted by atomic mass is 32.2. The summed E-state index contributed by atoms with van der Waals surface area (Å²) in [5, 5.41) is 7.38. The Morgan fingerprint density at radius 1 is 0.892 bits per heavy atom. The zero-order valence-electron chi connectivity index (χ0n) is 20.2. The van der Waals surface area contributed by atoms with Gasteiger partial charge in [-0.25, -0.2) is 4.99 Å². The summed E-state index contributed by atoms with van der Waals surface area (Å²) in [6.07, 6.45) is 1.83. The van der Waals surface area contributed by atoms with Crippen molar-refractivity contribution in [1.82, 2.24) is 0 Å². The summed E-state index contributed by atoms with van der Waals surface area (Å²) in [6, 6.07) is 26.1. The van der Waals surface area contributed by atoms with Gasteiger partial charge in [-0.3, -0.25) is 14.5 Å². The number of ether oxygens (including phenoxy) is 2. The minimum atomic E-state index is -0.390. The minimum Gasteiger partial charge on any atom is -0.497 e. The number of carbonyl (C=O) groups excluding carboxylic acids is 2. The minimum absolute atomic E-state index is 0.0429. The number of esters is 1. The van der Waals surface area contributed by atoms with E-state index in [1.165, 1.54) is 45.3 Å². The van der Waals surface area contributed by atoms with Crippen molar-refractivity contribution in [3.63, 3.8) is 0 Å². The van der Waals surface area contributed by atoms with Crippen LogP contribution in [0, 0.1) is 0 Å². The van der Waals surface area contributed by atoms with E-state index in [1.807, 2.05) is 12.1 Å². The van der Waals surface area contributed by atoms with E-state index in [4.69, 9.17) is 9.47 Å². The zero-order valence-corrected chi connectivity index (χ0v) is 21.0. The number of thioether (sulfide) groups is 1. The molecule has 6 rings (SSSR count). The van der Waals surface area contributed by atoms with Gasteiger partial charge in [0.25, 0.3) is 5.91 Å². The first-order chi connectivity index (χ1) is 18.1. The standard InChI is InChI=1S/C30H22N2O4S/c1-35-23-13-11-22(12-14-23)32-29(34)25(31-30(32)37-17-26(33)36-2)16-21-9-8-20-7-6-18-4-3-5-19-10-15-24(21)28(20)27(18)19/h3-16H,17H2,1-2H3/b25-16-. The van der Waals surface area contributed by atoms with Gasteiger partial charge < -0.3 is 9.47 Å². The molecule has 0 atom stereocenters. The van der Waals surface area contributed by atoms with Crippen LogP contribution in [0.4, 0.5) is 5.69 Å². The lowest BCUT2D eigenvalue weighted by Crippen LogP contribution is -2.30. The van der Waals surface area contributed by atoms with Gasteiger partial charge in [-0.1, -0.05) is 66.4 Å². The van der Waals surface area contributed by atoms with E-state index in [9.17, 15) is 9.59 Å². The highest BCUT2D eigenvalue weighted by Crippen LogP contribution is 2.37. The third-order valence-corrected chi connectivity index (χ3v) is 7.47. The fourth-order valence-electron chi connectivity index (χ4n) is 4.77. The Hall–Kier alpha value is -4.36. The number of hydrogen-bond acceptors (Lipinski definition) is 6. The number of rotatable bonds is 5. The summed E-state index contributed by atoms with van der Waals surface area (Å²) >= 11 is 1.17. The largest absolute Gasteiger partial charge is 0.497 e. The molecule has 1 aliphatic rings. The van der Waals surface area contributed by atoms with E-state index in [1.54, 1.807) is 31.4 Å². The number of benzene rings is 5. The SMILES string of the molecule is COC(=O)CSC1=N/C(=C\c2ccc3ccc4cccc5ccc2c3c45)C(=O)N1c1ccc(OC)cc1. The number of hydrogen-bond donors (Lipinski definition) is 0. The molecule has 0 aliphatic carbocycles. The number of amidine groups is 1. The topological polar surface area (TPSA) is 68.2 Å². The Morgan fingerprint density at radius 2 is 1.57 bits per heavy atom. The van der Waals surface area contributed by atoms with E-state index >= 15 is 0 Å². The van der Waals surface area contributed by atoms with Gasteiger partial charge in [0, 0.05) is 0 Å². The van der Waals surface area contributed by atoms with Crippen molar-refractivity contribution < 1.29 is 19.1 Å². The summed E-state index contributed by atoms with van der Waals surface area (Å²) in [4.78, 5) is 31.7. The number of anilines is 1. The number of methoxy groups -OCH3 is 2. The van der Waals surface area contributed by atoms with Gasteiger partial charge in [0.2, 0.25) is 0 Å². The quantitative estimate of drug-likeness (QED) is 0.160. The monoisotopic (exact) mass is 506 g/mol. The maximum absolute atomic E-state index is 13.6. The Balaban J connectivity index is 1.46. The summed E-state index contributed by atoms with van der Waals surface area (Å²) in [5.41, 5.74) is 1.85. The number of nitrogens with zero attached hydrogens (tertiary/aromatic N) is 2. The summed E-state index contributed by atoms with van der Waals surface area (Å²) in [5.74, 6) is 0.0733. The zero-order chi connectivity index (χ0) is 25.5. The molecule has 0 N–H and O–H groups in total. The van der Waals surface area contributed by atoms with Crippen molar-refractivity contribution in [2.75, 3.05) is 24.9 Å². The fourth-order valence-corrected chi connectivity index (χ4v) is 5.61. The molecule has 0 fully saturated rings. The van der Waals surface area contributed by atoms with Crippen molar-refractivity contribution in [2.24, 2.45) is 4.99 Å². The molecule has 7 heteroatoms. The van der Waals surface area contributed by atoms with E-state index in [0.717, 1.165) is 16.3 Å². The molecule has 0 spiro atoms. The molecule has 1 aliphatic heterocycles. The molecule has 5 aromatic rings. The Labute approximate surface area is 217 Å². The lowest BCUT2D eigenvalue weighted by molar-refractivity contribution is -0.137. The van der Waals surface area contributed by atoms with Crippen LogP contribution in [0.15, 0.2) is 89.6 Å². The van der Waals surface area contributed by atoms with Crippen LogP contribution in [-0.4, -0.2) is 37.0 Å². The van der Waals surface area contributed by atoms with Crippen LogP contribution < -0.4 is 9.64 Å². The molecule has 1 heterocycles. The molecular weight excluding hydrogens is 484 g/mol. The first kappa shape index (κ1) is 23.1. The van der Waals surface area contributed by atoms with Gasteiger partial charge in [-0.15, -0.1) is 0 Å². The predicted octanol–water partition coefficient (Wildman–Crippen LogP) is 6.24. The first-order valence-corrected chi connectivity index (χ1v) is 12.7. The molecule has 37 heavy (non-hydrogen) atoms. The van der Waals surface area contributed by atoms with E-state index in [2.05, 4.69) is 53.5 Å². The highest BCUT2D eigenvalue weighted by molar-refractivity contribution is 8.14. The number of amides is 1.